The van der Waals surface area contributed by atoms with Gasteiger partial charge in [-0.15, -0.1) is 0 Å². The molecule has 4 heteroatoms. The lowest BCUT2D eigenvalue weighted by Crippen LogP contribution is -2.42. The van der Waals surface area contributed by atoms with Gasteiger partial charge in [-0.1, -0.05) is 6.07 Å². The highest BCUT2D eigenvalue weighted by Crippen LogP contribution is 2.37. The molecule has 110 valence electrons. The van der Waals surface area contributed by atoms with Crippen molar-refractivity contribution in [1.29, 1.82) is 0 Å². The summed E-state index contributed by atoms with van der Waals surface area (Å²) in [7, 11) is 2.26. The largest absolute Gasteiger partial charge is 0.508 e. The molecule has 0 aromatic heterocycles. The van der Waals surface area contributed by atoms with Crippen molar-refractivity contribution in [1.82, 2.24) is 10.2 Å². The van der Waals surface area contributed by atoms with Crippen molar-refractivity contribution in [3.63, 3.8) is 0 Å². The zero-order chi connectivity index (χ0) is 14.1. The van der Waals surface area contributed by atoms with Crippen LogP contribution in [0.5, 0.6) is 11.5 Å². The predicted octanol–water partition coefficient (Wildman–Crippen LogP) is 2.06. The number of rotatable bonds is 4. The highest BCUT2D eigenvalue weighted by atomic mass is 16.3. The molecule has 2 bridgehead atoms. The third kappa shape index (κ3) is 2.76. The van der Waals surface area contributed by atoms with E-state index in [0.29, 0.717) is 6.54 Å². The van der Waals surface area contributed by atoms with Gasteiger partial charge >= 0.3 is 0 Å². The lowest BCUT2D eigenvalue weighted by molar-refractivity contribution is 0.133. The smallest absolute Gasteiger partial charge is 0.123 e. The van der Waals surface area contributed by atoms with Crippen LogP contribution in [0, 0.1) is 5.92 Å². The first kappa shape index (κ1) is 13.7. The van der Waals surface area contributed by atoms with Crippen molar-refractivity contribution in [2.45, 2.75) is 44.3 Å². The third-order valence-electron chi connectivity index (χ3n) is 5.01. The zero-order valence-corrected chi connectivity index (χ0v) is 12.0. The van der Waals surface area contributed by atoms with Gasteiger partial charge in [0.05, 0.1) is 0 Å². The summed E-state index contributed by atoms with van der Waals surface area (Å²) >= 11 is 0. The van der Waals surface area contributed by atoms with Crippen molar-refractivity contribution in [2.75, 3.05) is 13.6 Å². The highest BCUT2D eigenvalue weighted by Gasteiger charge is 2.37. The summed E-state index contributed by atoms with van der Waals surface area (Å²) in [4.78, 5) is 2.56. The van der Waals surface area contributed by atoms with Crippen LogP contribution >= 0.6 is 0 Å². The summed E-state index contributed by atoms with van der Waals surface area (Å²) < 4.78 is 0. The lowest BCUT2D eigenvalue weighted by Gasteiger charge is -2.36. The van der Waals surface area contributed by atoms with E-state index in [1.165, 1.54) is 31.7 Å². The first-order valence-corrected chi connectivity index (χ1v) is 7.57. The van der Waals surface area contributed by atoms with Crippen molar-refractivity contribution in [3.05, 3.63) is 23.8 Å². The fourth-order valence-electron chi connectivity index (χ4n) is 3.80. The Labute approximate surface area is 120 Å². The minimum atomic E-state index is 0.109. The Kier molecular flexibility index (Phi) is 3.85. The molecule has 0 aliphatic carbocycles. The Morgan fingerprint density at radius 2 is 1.90 bits per heavy atom. The Bertz CT molecular complexity index is 464. The number of piperidine rings is 1. The standard InChI is InChI=1S/C16H24N2O2/c1-18-13-3-4-14(18)7-11(6-13)9-17-10-12-2-5-15(19)8-16(12)20/h2,5,8,11,13-14,17,19-20H,3-4,6-7,9-10H2,1H3. The van der Waals surface area contributed by atoms with Crippen molar-refractivity contribution < 1.29 is 10.2 Å². The number of nitrogens with one attached hydrogen (secondary N) is 1. The molecule has 0 amide bonds. The summed E-state index contributed by atoms with van der Waals surface area (Å²) in [6, 6.07) is 6.35. The number of nitrogens with zero attached hydrogens (tertiary/aromatic N) is 1. The SMILES string of the molecule is CN1C2CCC1CC(CNCc1ccc(O)cc1O)C2. The number of phenolic OH excluding ortho intramolecular Hbond substituents is 2. The Hall–Kier alpha value is -1.26. The molecule has 2 atom stereocenters. The van der Waals surface area contributed by atoms with Crippen LogP contribution in [0.2, 0.25) is 0 Å². The summed E-state index contributed by atoms with van der Waals surface area (Å²) in [5, 5.41) is 22.5. The predicted molar refractivity (Wildman–Crippen MR) is 78.8 cm³/mol. The second kappa shape index (κ2) is 5.62. The molecule has 1 aromatic carbocycles. The molecule has 3 rings (SSSR count). The van der Waals surface area contributed by atoms with E-state index >= 15 is 0 Å². The molecule has 2 fully saturated rings. The van der Waals surface area contributed by atoms with Crippen LogP contribution in [0.15, 0.2) is 18.2 Å². The van der Waals surface area contributed by atoms with Gasteiger partial charge in [0.15, 0.2) is 0 Å². The summed E-state index contributed by atoms with van der Waals surface area (Å²) in [5.74, 6) is 1.03. The van der Waals surface area contributed by atoms with Gasteiger partial charge < -0.3 is 20.4 Å². The molecule has 0 radical (unpaired) electrons. The molecule has 3 N–H and O–H groups in total. The maximum Gasteiger partial charge on any atom is 0.123 e. The van der Waals surface area contributed by atoms with E-state index in [0.717, 1.165) is 30.1 Å². The molecule has 0 spiro atoms. The lowest BCUT2D eigenvalue weighted by atomic mass is 9.91. The van der Waals surface area contributed by atoms with Crippen LogP contribution in [-0.2, 0) is 6.54 Å². The maximum atomic E-state index is 9.75. The normalized spacial score (nSPS) is 29.8. The number of hydrogen-bond donors (Lipinski definition) is 3. The average Bonchev–Trinajstić information content (AvgIpc) is 2.64. The fraction of sp³-hybridized carbons (Fsp3) is 0.625. The van der Waals surface area contributed by atoms with E-state index in [9.17, 15) is 10.2 Å². The van der Waals surface area contributed by atoms with Crippen molar-refractivity contribution in [2.24, 2.45) is 5.92 Å². The fourth-order valence-corrected chi connectivity index (χ4v) is 3.80. The highest BCUT2D eigenvalue weighted by molar-refractivity contribution is 5.38. The molecule has 0 saturated carbocycles. The number of hydrogen-bond acceptors (Lipinski definition) is 4. The molecule has 2 aliphatic heterocycles. The van der Waals surface area contributed by atoms with Crippen LogP contribution in [0.3, 0.4) is 0 Å². The van der Waals surface area contributed by atoms with E-state index in [1.807, 2.05) is 0 Å². The Morgan fingerprint density at radius 3 is 2.55 bits per heavy atom. The Morgan fingerprint density at radius 1 is 1.20 bits per heavy atom. The van der Waals surface area contributed by atoms with Gasteiger partial charge in [-0.3, -0.25) is 0 Å². The quantitative estimate of drug-likeness (QED) is 0.788. The van der Waals surface area contributed by atoms with Crippen molar-refractivity contribution in [3.8, 4) is 11.5 Å². The minimum absolute atomic E-state index is 0.109. The number of phenols is 2. The van der Waals surface area contributed by atoms with Crippen LogP contribution in [0.25, 0.3) is 0 Å². The minimum Gasteiger partial charge on any atom is -0.508 e. The van der Waals surface area contributed by atoms with Gasteiger partial charge in [0.2, 0.25) is 0 Å². The van der Waals surface area contributed by atoms with Gasteiger partial charge in [0, 0.05) is 30.3 Å². The molecule has 20 heavy (non-hydrogen) atoms. The molecule has 2 aliphatic rings. The van der Waals surface area contributed by atoms with E-state index in [1.54, 1.807) is 12.1 Å². The van der Waals surface area contributed by atoms with E-state index in [-0.39, 0.29) is 11.5 Å². The number of benzene rings is 1. The second-order valence-corrected chi connectivity index (χ2v) is 6.33. The van der Waals surface area contributed by atoms with E-state index in [4.69, 9.17) is 0 Å². The number of aromatic hydroxyl groups is 2. The Balaban J connectivity index is 1.49. The monoisotopic (exact) mass is 276 g/mol. The van der Waals surface area contributed by atoms with Gasteiger partial charge in [-0.25, -0.2) is 0 Å². The summed E-state index contributed by atoms with van der Waals surface area (Å²) in [6.07, 6.45) is 5.30. The maximum absolute atomic E-state index is 9.75. The summed E-state index contributed by atoms with van der Waals surface area (Å²) in [6.45, 7) is 1.68. The topological polar surface area (TPSA) is 55.7 Å². The molecule has 4 nitrogen and oxygen atoms in total. The van der Waals surface area contributed by atoms with Crippen molar-refractivity contribution >= 4 is 0 Å². The van der Waals surface area contributed by atoms with Crippen LogP contribution in [0.4, 0.5) is 0 Å². The molecule has 2 heterocycles. The van der Waals surface area contributed by atoms with E-state index < -0.39 is 0 Å². The van der Waals surface area contributed by atoms with Crippen LogP contribution in [-0.4, -0.2) is 40.8 Å². The third-order valence-corrected chi connectivity index (χ3v) is 5.01. The van der Waals surface area contributed by atoms with Gasteiger partial charge in [-0.05, 0) is 51.3 Å². The molecular weight excluding hydrogens is 252 g/mol. The second-order valence-electron chi connectivity index (χ2n) is 6.33. The van der Waals surface area contributed by atoms with E-state index in [2.05, 4.69) is 17.3 Å². The first-order chi connectivity index (χ1) is 9.63. The van der Waals surface area contributed by atoms with Gasteiger partial charge in [-0.2, -0.15) is 0 Å². The number of fused-ring (bicyclic) bond motifs is 2. The van der Waals surface area contributed by atoms with Gasteiger partial charge in [0.25, 0.3) is 0 Å². The summed E-state index contributed by atoms with van der Waals surface area (Å²) in [5.41, 5.74) is 0.846. The average molecular weight is 276 g/mol. The molecule has 2 unspecified atom stereocenters. The van der Waals surface area contributed by atoms with Crippen LogP contribution < -0.4 is 5.32 Å². The van der Waals surface area contributed by atoms with Gasteiger partial charge in [0.1, 0.15) is 11.5 Å². The first-order valence-electron chi connectivity index (χ1n) is 7.57. The zero-order valence-electron chi connectivity index (χ0n) is 12.0. The molecular formula is C16H24N2O2. The molecule has 2 saturated heterocycles. The molecule has 1 aromatic rings. The van der Waals surface area contributed by atoms with Crippen LogP contribution in [0.1, 0.15) is 31.2 Å².